The first-order valence-electron chi connectivity index (χ1n) is 6.80. The molecule has 1 saturated heterocycles. The molecule has 6 nitrogen and oxygen atoms in total. The summed E-state index contributed by atoms with van der Waals surface area (Å²) in [4.78, 5) is 24.9. The van der Waals surface area contributed by atoms with E-state index in [-0.39, 0.29) is 11.4 Å². The van der Waals surface area contributed by atoms with Crippen molar-refractivity contribution in [2.24, 2.45) is 5.92 Å². The molecule has 1 aliphatic heterocycles. The van der Waals surface area contributed by atoms with E-state index < -0.39 is 22.8 Å². The number of carboxylic acids is 1. The second-order valence-electron chi connectivity index (χ2n) is 4.99. The molecule has 0 aromatic carbocycles. The van der Waals surface area contributed by atoms with Gasteiger partial charge < -0.3 is 10.4 Å². The molecule has 2 aliphatic rings. The molecule has 1 saturated carbocycles. The van der Waals surface area contributed by atoms with E-state index in [1.165, 1.54) is 4.90 Å². The zero-order chi connectivity index (χ0) is 14.7. The molecule has 3 unspecified atom stereocenters. The van der Waals surface area contributed by atoms with Crippen molar-refractivity contribution in [2.45, 2.75) is 31.2 Å². The van der Waals surface area contributed by atoms with Crippen molar-refractivity contribution >= 4 is 34.6 Å². The third-order valence-electron chi connectivity index (χ3n) is 3.51. The maximum atomic E-state index is 12.2. The molecular weight excluding hydrogens is 300 g/mol. The van der Waals surface area contributed by atoms with Gasteiger partial charge in [0.1, 0.15) is 6.04 Å². The Hall–Kier alpha value is -0.760. The highest BCUT2D eigenvalue weighted by Gasteiger charge is 2.48. The number of aliphatic carboxylic acids is 1. The zero-order valence-corrected chi connectivity index (χ0v) is 13.0. The standard InChI is InChI=1S/C12H20N2O4S2/c1-2-20(18)6-5-13-12(17)14-9(11(15)16)7-19-10(14)8-3-4-8/h8-10H,2-7H2,1H3,(H,13,17)(H,15,16). The quantitative estimate of drug-likeness (QED) is 0.752. The minimum atomic E-state index is -0.951. The molecule has 20 heavy (non-hydrogen) atoms. The van der Waals surface area contributed by atoms with Gasteiger partial charge in [0, 0.05) is 34.6 Å². The highest BCUT2D eigenvalue weighted by molar-refractivity contribution is 8.00. The highest BCUT2D eigenvalue weighted by atomic mass is 32.2. The van der Waals surface area contributed by atoms with Crippen LogP contribution < -0.4 is 5.32 Å². The summed E-state index contributed by atoms with van der Waals surface area (Å²) in [6.07, 6.45) is 2.13. The van der Waals surface area contributed by atoms with Crippen molar-refractivity contribution in [3.63, 3.8) is 0 Å². The minimum Gasteiger partial charge on any atom is -0.480 e. The molecular formula is C12H20N2O4S2. The summed E-state index contributed by atoms with van der Waals surface area (Å²) in [5.74, 6) is 0.908. The molecule has 114 valence electrons. The summed E-state index contributed by atoms with van der Waals surface area (Å²) in [7, 11) is -0.922. The SMILES string of the molecule is CCS(=O)CCNC(=O)N1C(C(=O)O)CSC1C1CC1. The van der Waals surface area contributed by atoms with Gasteiger partial charge in [0.05, 0.1) is 5.37 Å². The Morgan fingerprint density at radius 2 is 2.15 bits per heavy atom. The number of carboxylic acid groups (broad SMARTS) is 1. The lowest BCUT2D eigenvalue weighted by Gasteiger charge is -2.27. The average molecular weight is 320 g/mol. The molecule has 1 heterocycles. The van der Waals surface area contributed by atoms with E-state index in [9.17, 15) is 18.9 Å². The molecule has 2 rings (SSSR count). The Labute approximate surface area is 125 Å². The number of nitrogens with zero attached hydrogens (tertiary/aromatic N) is 1. The largest absolute Gasteiger partial charge is 0.480 e. The van der Waals surface area contributed by atoms with E-state index in [1.54, 1.807) is 11.8 Å². The molecule has 0 aromatic rings. The zero-order valence-electron chi connectivity index (χ0n) is 11.4. The van der Waals surface area contributed by atoms with Gasteiger partial charge in [-0.25, -0.2) is 9.59 Å². The van der Waals surface area contributed by atoms with E-state index in [0.717, 1.165) is 12.8 Å². The number of urea groups is 1. The van der Waals surface area contributed by atoms with Crippen molar-refractivity contribution in [3.05, 3.63) is 0 Å². The van der Waals surface area contributed by atoms with E-state index in [4.69, 9.17) is 0 Å². The molecule has 2 fully saturated rings. The molecule has 8 heteroatoms. The molecule has 0 bridgehead atoms. The highest BCUT2D eigenvalue weighted by Crippen LogP contribution is 2.45. The summed E-state index contributed by atoms with van der Waals surface area (Å²) in [5.41, 5.74) is 0. The van der Waals surface area contributed by atoms with Gasteiger partial charge in [-0.15, -0.1) is 11.8 Å². The fourth-order valence-corrected chi connectivity index (χ4v) is 4.48. The first-order chi connectivity index (χ1) is 9.54. The third-order valence-corrected chi connectivity index (χ3v) is 6.27. The first-order valence-corrected chi connectivity index (χ1v) is 9.33. The van der Waals surface area contributed by atoms with Gasteiger partial charge in [-0.2, -0.15) is 0 Å². The Morgan fingerprint density at radius 1 is 1.45 bits per heavy atom. The van der Waals surface area contributed by atoms with E-state index in [0.29, 0.717) is 29.7 Å². The van der Waals surface area contributed by atoms with Crippen LogP contribution in [-0.4, -0.2) is 61.4 Å². The summed E-state index contributed by atoms with van der Waals surface area (Å²) in [6, 6.07) is -1.09. The predicted molar refractivity (Wildman–Crippen MR) is 79.2 cm³/mol. The van der Waals surface area contributed by atoms with Crippen LogP contribution in [0.4, 0.5) is 4.79 Å². The van der Waals surface area contributed by atoms with Gasteiger partial charge in [-0.1, -0.05) is 6.92 Å². The maximum absolute atomic E-state index is 12.2. The molecule has 3 atom stereocenters. The number of hydrogen-bond donors (Lipinski definition) is 2. The first kappa shape index (κ1) is 15.6. The lowest BCUT2D eigenvalue weighted by Crippen LogP contribution is -2.51. The van der Waals surface area contributed by atoms with Gasteiger partial charge in [0.2, 0.25) is 0 Å². The molecule has 0 aromatic heterocycles. The van der Waals surface area contributed by atoms with Crippen molar-refractivity contribution in [3.8, 4) is 0 Å². The van der Waals surface area contributed by atoms with Crippen LogP contribution in [0.5, 0.6) is 0 Å². The van der Waals surface area contributed by atoms with Gasteiger partial charge in [0.15, 0.2) is 0 Å². The second-order valence-corrected chi connectivity index (χ2v) is 8.00. The average Bonchev–Trinajstić information content (AvgIpc) is 3.16. The summed E-state index contributed by atoms with van der Waals surface area (Å²) in [5, 5.41) is 11.9. The van der Waals surface area contributed by atoms with Crippen LogP contribution in [0.3, 0.4) is 0 Å². The van der Waals surface area contributed by atoms with Crippen LogP contribution >= 0.6 is 11.8 Å². The Kier molecular flexibility index (Phi) is 5.31. The van der Waals surface area contributed by atoms with Gasteiger partial charge in [-0.3, -0.25) is 9.11 Å². The van der Waals surface area contributed by atoms with Crippen LogP contribution in [0.15, 0.2) is 0 Å². The van der Waals surface area contributed by atoms with E-state index in [2.05, 4.69) is 5.32 Å². The van der Waals surface area contributed by atoms with Gasteiger partial charge in [0.25, 0.3) is 0 Å². The normalized spacial score (nSPS) is 27.4. The fraction of sp³-hybridized carbons (Fsp3) is 0.833. The summed E-state index contributed by atoms with van der Waals surface area (Å²) < 4.78 is 11.3. The number of rotatable bonds is 6. The van der Waals surface area contributed by atoms with E-state index in [1.807, 2.05) is 6.92 Å². The molecule has 2 N–H and O–H groups in total. The molecule has 2 amide bonds. The monoisotopic (exact) mass is 320 g/mol. The number of carbonyl (C=O) groups is 2. The summed E-state index contributed by atoms with van der Waals surface area (Å²) >= 11 is 1.55. The van der Waals surface area contributed by atoms with Crippen LogP contribution in [0.1, 0.15) is 19.8 Å². The summed E-state index contributed by atoms with van der Waals surface area (Å²) in [6.45, 7) is 2.16. The van der Waals surface area contributed by atoms with Crippen molar-refractivity contribution in [1.82, 2.24) is 10.2 Å². The topological polar surface area (TPSA) is 86.7 Å². The van der Waals surface area contributed by atoms with Crippen molar-refractivity contribution < 1.29 is 18.9 Å². The maximum Gasteiger partial charge on any atom is 0.327 e. The number of nitrogens with one attached hydrogen (secondary N) is 1. The number of amides is 2. The Balaban J connectivity index is 1.92. The van der Waals surface area contributed by atoms with Crippen molar-refractivity contribution in [2.75, 3.05) is 23.8 Å². The second kappa shape index (κ2) is 6.80. The van der Waals surface area contributed by atoms with Crippen molar-refractivity contribution in [1.29, 1.82) is 0 Å². The fourth-order valence-electron chi connectivity index (χ4n) is 2.23. The third kappa shape index (κ3) is 3.66. The van der Waals surface area contributed by atoms with Crippen LogP contribution in [-0.2, 0) is 15.6 Å². The van der Waals surface area contributed by atoms with Crippen LogP contribution in [0.25, 0.3) is 0 Å². The number of hydrogen-bond acceptors (Lipinski definition) is 4. The Morgan fingerprint density at radius 3 is 2.70 bits per heavy atom. The predicted octanol–water partition coefficient (Wildman–Crippen LogP) is 0.703. The minimum absolute atomic E-state index is 0.0206. The van der Waals surface area contributed by atoms with Gasteiger partial charge in [-0.05, 0) is 18.8 Å². The van der Waals surface area contributed by atoms with E-state index >= 15 is 0 Å². The lowest BCUT2D eigenvalue weighted by atomic mass is 10.2. The lowest BCUT2D eigenvalue weighted by molar-refractivity contribution is -0.141. The molecule has 0 spiro atoms. The number of carbonyl (C=O) groups excluding carboxylic acids is 1. The van der Waals surface area contributed by atoms with Crippen LogP contribution in [0, 0.1) is 5.92 Å². The Bertz CT molecular complexity index is 414. The molecule has 1 aliphatic carbocycles. The van der Waals surface area contributed by atoms with Crippen LogP contribution in [0.2, 0.25) is 0 Å². The molecule has 0 radical (unpaired) electrons. The smallest absolute Gasteiger partial charge is 0.327 e. The number of thioether (sulfide) groups is 1. The van der Waals surface area contributed by atoms with Gasteiger partial charge >= 0.3 is 12.0 Å².